The van der Waals surface area contributed by atoms with Gasteiger partial charge in [-0.3, -0.25) is 19.4 Å². The molecule has 1 aliphatic rings. The minimum atomic E-state index is -0.753. The van der Waals surface area contributed by atoms with Crippen LogP contribution in [0.5, 0.6) is 0 Å². The van der Waals surface area contributed by atoms with Crippen LogP contribution < -0.4 is 16.5 Å². The Morgan fingerprint density at radius 3 is 2.50 bits per heavy atom. The van der Waals surface area contributed by atoms with Gasteiger partial charge in [0.05, 0.1) is 10.9 Å². The number of ether oxygens (including phenoxy) is 1. The van der Waals surface area contributed by atoms with Crippen LogP contribution in [-0.2, 0) is 19.1 Å². The molecule has 0 unspecified atom stereocenters. The van der Waals surface area contributed by atoms with Gasteiger partial charge in [0, 0.05) is 6.54 Å². The first-order chi connectivity index (χ1) is 11.9. The minimum Gasteiger partial charge on any atom is -0.463 e. The average Bonchev–Trinajstić information content (AvgIpc) is 2.57. The van der Waals surface area contributed by atoms with E-state index in [-0.39, 0.29) is 24.3 Å². The summed E-state index contributed by atoms with van der Waals surface area (Å²) in [5, 5.41) is 3.97. The number of hydrogen-bond donors (Lipinski definition) is 3. The molecule has 150 valence electrons. The molecule has 26 heavy (non-hydrogen) atoms. The lowest BCUT2D eigenvalue weighted by Crippen LogP contribution is -2.60. The lowest BCUT2D eigenvalue weighted by atomic mass is 10.0. The maximum atomic E-state index is 12.5. The summed E-state index contributed by atoms with van der Waals surface area (Å²) in [5.74, 6) is -1.19. The van der Waals surface area contributed by atoms with E-state index in [1.807, 2.05) is 13.8 Å². The number of carbonyl (C=O) groups excluding carboxylic acids is 3. The van der Waals surface area contributed by atoms with Crippen LogP contribution in [0, 0.1) is 5.92 Å². The molecule has 0 aromatic heterocycles. The molecule has 1 heterocycles. The van der Waals surface area contributed by atoms with Crippen molar-refractivity contribution in [3.05, 3.63) is 0 Å². The number of alkyl halides is 1. The molecule has 0 aromatic rings. The van der Waals surface area contributed by atoms with Gasteiger partial charge in [0.2, 0.25) is 5.91 Å². The number of carbonyl (C=O) groups is 3. The van der Waals surface area contributed by atoms with E-state index in [4.69, 9.17) is 22.1 Å². The van der Waals surface area contributed by atoms with Crippen LogP contribution in [0.4, 0.5) is 0 Å². The van der Waals surface area contributed by atoms with Gasteiger partial charge in [-0.25, -0.2) is 5.43 Å². The molecule has 1 fully saturated rings. The smallest absolute Gasteiger partial charge is 0.325 e. The fourth-order valence-corrected chi connectivity index (χ4v) is 2.42. The predicted molar refractivity (Wildman–Crippen MR) is 99.2 cm³/mol. The van der Waals surface area contributed by atoms with Crippen molar-refractivity contribution in [2.75, 3.05) is 13.2 Å². The minimum absolute atomic E-state index is 0.0317. The zero-order valence-electron chi connectivity index (χ0n) is 16.2. The molecule has 0 radical (unpaired) electrons. The normalized spacial score (nSPS) is 20.5. The van der Waals surface area contributed by atoms with Gasteiger partial charge in [-0.05, 0) is 39.5 Å². The number of hydrogen-bond acceptors (Lipinski definition) is 6. The van der Waals surface area contributed by atoms with Crippen molar-refractivity contribution in [3.8, 4) is 0 Å². The maximum absolute atomic E-state index is 12.5. The number of nitrogens with zero attached hydrogens (tertiary/aromatic N) is 1. The maximum Gasteiger partial charge on any atom is 0.325 e. The van der Waals surface area contributed by atoms with Crippen LogP contribution in [0.2, 0.25) is 0 Å². The number of hydrazine groups is 1. The molecule has 0 bridgehead atoms. The molecular weight excluding hydrogens is 360 g/mol. The summed E-state index contributed by atoms with van der Waals surface area (Å²) in [6.45, 7) is 9.28. The first-order valence-corrected chi connectivity index (χ1v) is 9.29. The van der Waals surface area contributed by atoms with Crippen molar-refractivity contribution in [1.29, 1.82) is 0 Å². The zero-order chi connectivity index (χ0) is 20.1. The molecule has 9 heteroatoms. The molecular formula is C17H31ClN4O4. The topological polar surface area (TPSA) is 114 Å². The Labute approximate surface area is 160 Å². The van der Waals surface area contributed by atoms with Crippen LogP contribution in [0.3, 0.4) is 0 Å². The molecule has 2 amide bonds. The Morgan fingerprint density at radius 1 is 1.35 bits per heavy atom. The third-order valence-corrected chi connectivity index (χ3v) is 4.15. The zero-order valence-corrected chi connectivity index (χ0v) is 16.9. The highest BCUT2D eigenvalue weighted by atomic mass is 35.5. The first kappa shape index (κ1) is 22.7. The Balaban J connectivity index is 2.58. The fourth-order valence-electron chi connectivity index (χ4n) is 2.37. The third kappa shape index (κ3) is 7.09. The standard InChI is InChI=1S/C17H31ClN4O4/c1-10(2)13(19)14(23)20-11(3)15(24)22-8-6-7-12(21-22)16(25)26-9-17(4,5)18/h10-13,21H,6-9,19H2,1-5H3,(H,20,23)/t11-,12-,13-/m0/s1. The van der Waals surface area contributed by atoms with Crippen molar-refractivity contribution >= 4 is 29.4 Å². The monoisotopic (exact) mass is 390 g/mol. The molecule has 1 saturated heterocycles. The van der Waals surface area contributed by atoms with Crippen molar-refractivity contribution in [2.45, 2.75) is 70.5 Å². The average molecular weight is 391 g/mol. The highest BCUT2D eigenvalue weighted by molar-refractivity contribution is 6.23. The van der Waals surface area contributed by atoms with Crippen LogP contribution >= 0.6 is 11.6 Å². The second-order valence-corrected chi connectivity index (χ2v) is 8.66. The molecule has 4 N–H and O–H groups in total. The predicted octanol–water partition coefficient (Wildman–Crippen LogP) is 0.531. The van der Waals surface area contributed by atoms with Crippen LogP contribution in [0.15, 0.2) is 0 Å². The van der Waals surface area contributed by atoms with Gasteiger partial charge in [-0.15, -0.1) is 11.6 Å². The summed E-state index contributed by atoms with van der Waals surface area (Å²) < 4.78 is 5.20. The van der Waals surface area contributed by atoms with E-state index in [9.17, 15) is 14.4 Å². The number of nitrogens with two attached hydrogens (primary N) is 1. The largest absolute Gasteiger partial charge is 0.463 e. The van der Waals surface area contributed by atoms with E-state index < -0.39 is 29.0 Å². The van der Waals surface area contributed by atoms with Gasteiger partial charge in [0.25, 0.3) is 5.91 Å². The quantitative estimate of drug-likeness (QED) is 0.431. The summed E-state index contributed by atoms with van der Waals surface area (Å²) in [6, 6.07) is -2.05. The summed E-state index contributed by atoms with van der Waals surface area (Å²) in [4.78, 5) is 36.1. The lowest BCUT2D eigenvalue weighted by Gasteiger charge is -2.34. The lowest BCUT2D eigenvalue weighted by molar-refractivity contribution is -0.153. The van der Waals surface area contributed by atoms with Crippen molar-refractivity contribution in [1.82, 2.24) is 15.8 Å². The van der Waals surface area contributed by atoms with E-state index in [0.717, 1.165) is 0 Å². The summed E-state index contributed by atoms with van der Waals surface area (Å²) in [7, 11) is 0. The van der Waals surface area contributed by atoms with Crippen molar-refractivity contribution < 1.29 is 19.1 Å². The molecule has 1 aliphatic heterocycles. The number of esters is 1. The van der Waals surface area contributed by atoms with Gasteiger partial charge < -0.3 is 15.8 Å². The van der Waals surface area contributed by atoms with Crippen molar-refractivity contribution in [2.24, 2.45) is 11.7 Å². The fraction of sp³-hybridized carbons (Fsp3) is 0.824. The van der Waals surface area contributed by atoms with Gasteiger partial charge in [0.1, 0.15) is 18.7 Å². The summed E-state index contributed by atoms with van der Waals surface area (Å²) in [5.41, 5.74) is 8.67. The van der Waals surface area contributed by atoms with Crippen molar-refractivity contribution in [3.63, 3.8) is 0 Å². The van der Waals surface area contributed by atoms with Gasteiger partial charge in [-0.1, -0.05) is 13.8 Å². The second-order valence-electron chi connectivity index (χ2n) is 7.64. The highest BCUT2D eigenvalue weighted by Crippen LogP contribution is 2.15. The van der Waals surface area contributed by atoms with E-state index in [2.05, 4.69) is 10.7 Å². The molecule has 8 nitrogen and oxygen atoms in total. The summed E-state index contributed by atoms with van der Waals surface area (Å²) >= 11 is 6.02. The first-order valence-electron chi connectivity index (χ1n) is 8.91. The number of nitrogens with one attached hydrogen (secondary N) is 2. The van der Waals surface area contributed by atoms with E-state index >= 15 is 0 Å². The molecule has 3 atom stereocenters. The van der Waals surface area contributed by atoms with Gasteiger partial charge in [0.15, 0.2) is 0 Å². The van der Waals surface area contributed by atoms with Crippen LogP contribution in [0.25, 0.3) is 0 Å². The number of halogens is 1. The van der Waals surface area contributed by atoms with Gasteiger partial charge in [-0.2, -0.15) is 0 Å². The van der Waals surface area contributed by atoms with Gasteiger partial charge >= 0.3 is 5.97 Å². The third-order valence-electron chi connectivity index (χ3n) is 4.04. The van der Waals surface area contributed by atoms with Crippen LogP contribution in [0.1, 0.15) is 47.5 Å². The Hall–Kier alpha value is -1.38. The molecule has 0 spiro atoms. The number of amides is 2. The molecule has 0 aliphatic carbocycles. The van der Waals surface area contributed by atoms with E-state index in [1.54, 1.807) is 20.8 Å². The highest BCUT2D eigenvalue weighted by Gasteiger charge is 2.32. The van der Waals surface area contributed by atoms with E-state index in [1.165, 1.54) is 5.01 Å². The second kappa shape index (κ2) is 9.53. The van der Waals surface area contributed by atoms with Crippen LogP contribution in [-0.4, -0.2) is 58.9 Å². The Morgan fingerprint density at radius 2 is 1.96 bits per heavy atom. The molecule has 1 rings (SSSR count). The summed E-state index contributed by atoms with van der Waals surface area (Å²) in [6.07, 6.45) is 1.21. The number of rotatable bonds is 7. The molecule has 0 aromatic carbocycles. The van der Waals surface area contributed by atoms with E-state index in [0.29, 0.717) is 19.4 Å². The molecule has 0 saturated carbocycles. The Bertz CT molecular complexity index is 521. The Kier molecular flexibility index (Phi) is 8.30. The SMILES string of the molecule is CC(C)[C@H](N)C(=O)N[C@@H](C)C(=O)N1CCC[C@@H](C(=O)OCC(C)(C)Cl)N1.